The van der Waals surface area contributed by atoms with Gasteiger partial charge in [0.1, 0.15) is 0 Å². The average molecular weight is 970 g/mol. The number of carbonyl (C=O) groups excluding carboxylic acids is 1. The van der Waals surface area contributed by atoms with E-state index >= 15 is 0 Å². The first-order valence-corrected chi connectivity index (χ1v) is 26.0. The van der Waals surface area contributed by atoms with Crippen LogP contribution in [0.15, 0.2) is 82.3 Å². The minimum absolute atomic E-state index is 0.0317. The van der Waals surface area contributed by atoms with Crippen molar-refractivity contribution in [3.05, 3.63) is 83.6 Å². The van der Waals surface area contributed by atoms with Crippen molar-refractivity contribution in [3.8, 4) is 0 Å². The zero-order chi connectivity index (χ0) is 41.9. The van der Waals surface area contributed by atoms with Crippen LogP contribution in [0.25, 0.3) is 0 Å². The minimum atomic E-state index is -4.56. The molecule has 0 saturated heterocycles. The van der Waals surface area contributed by atoms with E-state index in [4.69, 9.17) is 0 Å². The first-order chi connectivity index (χ1) is 25.8. The fourth-order valence-electron chi connectivity index (χ4n) is 6.96. The van der Waals surface area contributed by atoms with Gasteiger partial charge in [-0.1, -0.05) is 0 Å². The quantitative estimate of drug-likeness (QED) is 0.0454. The summed E-state index contributed by atoms with van der Waals surface area (Å²) in [6.07, 6.45) is 11.1. The number of unbranched alkanes of at least 4 members (excludes halogenated alkanes) is 1. The van der Waals surface area contributed by atoms with Gasteiger partial charge in [0.05, 0.1) is 0 Å². The normalized spacial score (nSPS) is 19.5. The van der Waals surface area contributed by atoms with Crippen molar-refractivity contribution in [2.24, 2.45) is 0 Å². The van der Waals surface area contributed by atoms with Crippen molar-refractivity contribution in [2.75, 3.05) is 27.4 Å². The van der Waals surface area contributed by atoms with Gasteiger partial charge in [-0.25, -0.2) is 0 Å². The predicted molar refractivity (Wildman–Crippen MR) is 206 cm³/mol. The Labute approximate surface area is 339 Å². The van der Waals surface area contributed by atoms with Gasteiger partial charge < -0.3 is 0 Å². The predicted octanol–water partition coefficient (Wildman–Crippen LogP) is 1.70. The number of ketones is 1. The summed E-state index contributed by atoms with van der Waals surface area (Å²) < 4.78 is 137. The molecule has 0 aliphatic carbocycles. The van der Waals surface area contributed by atoms with E-state index in [9.17, 15) is 56.7 Å². The third-order valence-corrected chi connectivity index (χ3v) is 16.0. The Kier molecular flexibility index (Phi) is 14.4. The molecule has 1 atom stereocenters. The Bertz CT molecular complexity index is 2440. The third-order valence-electron chi connectivity index (χ3n) is 9.71. The van der Waals surface area contributed by atoms with Gasteiger partial charge in [-0.3, -0.25) is 9.11 Å². The molecule has 0 spiro atoms. The van der Waals surface area contributed by atoms with E-state index < -0.39 is 84.3 Å². The van der Waals surface area contributed by atoms with E-state index in [-0.39, 0.29) is 35.0 Å². The SMILES string of the molecule is CC(=O)CCCCC1(C)C(/C=C/C=C/C=C2/N(CCCS(=O)(=O)O)c3ccc(S(=O)(=O)O)cc3C2(C)C)=[N+]([I-]CCCS(=O)(=O)[O-])c2ccc(S(=O)(=O)O)cc21. The molecule has 0 bridgehead atoms. The number of Topliss-reactive ketones (excluding diaryl/α,β-unsaturated/α-hetero) is 1. The number of nitrogens with zero attached hydrogens (tertiary/aromatic N) is 2. The second-order valence-electron chi connectivity index (χ2n) is 14.4. The van der Waals surface area contributed by atoms with Crippen LogP contribution in [0, 0.1) is 0 Å². The van der Waals surface area contributed by atoms with Crippen LogP contribution in [0.1, 0.15) is 77.3 Å². The molecule has 0 radical (unpaired) electrons. The average Bonchev–Trinajstić information content (AvgIpc) is 3.42. The van der Waals surface area contributed by atoms with E-state index in [1.165, 1.54) is 37.3 Å². The van der Waals surface area contributed by atoms with E-state index in [1.54, 1.807) is 30.4 Å². The number of hydrogen-bond donors (Lipinski definition) is 3. The van der Waals surface area contributed by atoms with Gasteiger partial charge in [-0.05, 0) is 0 Å². The second kappa shape index (κ2) is 17.6. The number of fused-ring (bicyclic) bond motifs is 2. The molecular weight excluding hydrogens is 924 g/mol. The molecule has 15 nitrogen and oxygen atoms in total. The summed E-state index contributed by atoms with van der Waals surface area (Å²) in [5, 5.41) is 0. The van der Waals surface area contributed by atoms with Gasteiger partial charge in [0, 0.05) is 0 Å². The van der Waals surface area contributed by atoms with E-state index in [2.05, 4.69) is 0 Å². The second-order valence-corrected chi connectivity index (χ2v) is 23.0. The van der Waals surface area contributed by atoms with Crippen LogP contribution in [0.4, 0.5) is 11.4 Å². The summed E-state index contributed by atoms with van der Waals surface area (Å²) in [6, 6.07) is 8.47. The summed E-state index contributed by atoms with van der Waals surface area (Å²) in [5.41, 5.74) is 2.32. The zero-order valence-corrected chi connectivity index (χ0v) is 36.7. The number of halogens is 1. The van der Waals surface area contributed by atoms with Gasteiger partial charge in [0.2, 0.25) is 0 Å². The molecule has 20 heteroatoms. The van der Waals surface area contributed by atoms with E-state index in [0.29, 0.717) is 58.3 Å². The van der Waals surface area contributed by atoms with E-state index in [0.717, 1.165) is 5.71 Å². The van der Waals surface area contributed by atoms with Crippen LogP contribution in [0.2, 0.25) is 0 Å². The van der Waals surface area contributed by atoms with Crippen LogP contribution < -0.4 is 26.4 Å². The molecule has 2 heterocycles. The van der Waals surface area contributed by atoms with Crippen molar-refractivity contribution in [2.45, 2.75) is 86.8 Å². The summed E-state index contributed by atoms with van der Waals surface area (Å²) in [6.45, 7) is 7.30. The van der Waals surface area contributed by atoms with Gasteiger partial charge >= 0.3 is 296 Å². The topological polar surface area (TPSA) is 244 Å². The molecular formula is C36H46IN2O13S4-. The van der Waals surface area contributed by atoms with E-state index in [1.807, 2.05) is 34.5 Å². The Morgan fingerprint density at radius 3 is 2.04 bits per heavy atom. The fourth-order valence-corrected chi connectivity index (χ4v) is 12.5. The number of allylic oxidation sites excluding steroid dienone is 6. The Morgan fingerprint density at radius 1 is 0.821 bits per heavy atom. The number of rotatable bonds is 19. The van der Waals surface area contributed by atoms with Gasteiger partial charge in [0.15, 0.2) is 0 Å². The molecule has 0 saturated carbocycles. The standard InChI is InChI=1S/C36H47IN2O13S4/c1-26(40)12-8-9-19-36(4)30-25-28(56(50,51)52)16-18-32(30)39(37-20-10-22-53(41,42)43)34(36)14-7-5-6-13-33-35(2,3)29-24-27(55(47,48)49)15-17-31(29)38(33)21-11-23-54(44,45)46/h5-7,13-18,24-25H,8-12,19-23H2,1-4H3,(H,41,42,43)(H,44,45,46)(H,47,48,49)(H,50,51,52)/p-1/b6-5+,14-7+,33-13+. The van der Waals surface area contributed by atoms with Crippen molar-refractivity contribution >= 4 is 63.3 Å². The van der Waals surface area contributed by atoms with Gasteiger partial charge in [-0.15, -0.1) is 0 Å². The number of hydrogen-bond acceptors (Lipinski definition) is 11. The molecule has 2 aliphatic heterocycles. The summed E-state index contributed by atoms with van der Waals surface area (Å²) in [7, 11) is -17.8. The number of anilines is 1. The van der Waals surface area contributed by atoms with Crippen LogP contribution in [0.3, 0.4) is 0 Å². The Balaban J connectivity index is 1.77. The fraction of sp³-hybridized carbons (Fsp3) is 0.444. The molecule has 3 N–H and O–H groups in total. The molecule has 2 aliphatic rings. The summed E-state index contributed by atoms with van der Waals surface area (Å²) >= 11 is -0.986. The first-order valence-electron chi connectivity index (χ1n) is 17.5. The molecule has 310 valence electrons. The monoisotopic (exact) mass is 969 g/mol. The van der Waals surface area contributed by atoms with Crippen LogP contribution in [0.5, 0.6) is 0 Å². The third kappa shape index (κ3) is 11.4. The molecule has 2 aromatic rings. The number of benzene rings is 2. The zero-order valence-electron chi connectivity index (χ0n) is 31.3. The Hall–Kier alpha value is -2.83. The molecule has 0 amide bonds. The summed E-state index contributed by atoms with van der Waals surface area (Å²) in [4.78, 5) is 12.9. The first kappa shape index (κ1) is 45.9. The summed E-state index contributed by atoms with van der Waals surface area (Å²) in [5.74, 6) is -0.992. The molecule has 0 aromatic heterocycles. The van der Waals surface area contributed by atoms with Crippen LogP contribution in [-0.4, -0.2) is 88.6 Å². The van der Waals surface area contributed by atoms with Crippen molar-refractivity contribution in [3.63, 3.8) is 0 Å². The molecule has 56 heavy (non-hydrogen) atoms. The number of carbonyl (C=O) groups is 1. The van der Waals surface area contributed by atoms with Crippen LogP contribution in [-0.2, 0) is 56.1 Å². The maximum absolute atomic E-state index is 12.2. The van der Waals surface area contributed by atoms with Crippen molar-refractivity contribution in [1.29, 1.82) is 0 Å². The molecule has 0 fully saturated rings. The van der Waals surface area contributed by atoms with Gasteiger partial charge in [0.25, 0.3) is 20.2 Å². The molecule has 1 unspecified atom stereocenters. The number of alkyl halides is 1. The van der Waals surface area contributed by atoms with Gasteiger partial charge in [-0.2, -0.15) is 16.8 Å². The molecule has 2 aromatic carbocycles. The molecule has 4 rings (SSSR count). The van der Waals surface area contributed by atoms with Crippen LogP contribution >= 0.6 is 0 Å². The van der Waals surface area contributed by atoms with Crippen molar-refractivity contribution < 1.29 is 80.9 Å². The Morgan fingerprint density at radius 2 is 1.45 bits per heavy atom. The maximum atomic E-state index is 12.2. The van der Waals surface area contributed by atoms with Crippen molar-refractivity contribution in [1.82, 2.24) is 0 Å².